The molecule has 0 spiro atoms. The number of sulfonamides is 1. The molecule has 0 atom stereocenters. The average molecular weight is 279 g/mol. The van der Waals surface area contributed by atoms with Crippen LogP contribution in [-0.4, -0.2) is 42.5 Å². The molecule has 0 saturated heterocycles. The molecule has 0 amide bonds. The maximum atomic E-state index is 12.2. The highest BCUT2D eigenvalue weighted by molar-refractivity contribution is 7.89. The van der Waals surface area contributed by atoms with Crippen LogP contribution >= 0.6 is 11.6 Å². The molecule has 96 valence electrons. The summed E-state index contributed by atoms with van der Waals surface area (Å²) in [5.41, 5.74) is 0. The van der Waals surface area contributed by atoms with Crippen molar-refractivity contribution in [2.24, 2.45) is 0 Å². The molecule has 1 rings (SSSR count). The summed E-state index contributed by atoms with van der Waals surface area (Å²) in [5, 5.41) is 8.84. The molecule has 0 saturated carbocycles. The summed E-state index contributed by atoms with van der Waals surface area (Å²) in [6.07, 6.45) is 2.09. The second kappa shape index (κ2) is 6.30. The summed E-state index contributed by atoms with van der Waals surface area (Å²) in [4.78, 5) is 3.72. The molecule has 0 aliphatic carbocycles. The van der Waals surface area contributed by atoms with Gasteiger partial charge in [-0.15, -0.1) is 0 Å². The Morgan fingerprint density at radius 1 is 1.47 bits per heavy atom. The molecule has 1 aromatic heterocycles. The number of aliphatic hydroxyl groups excluding tert-OH is 1. The van der Waals surface area contributed by atoms with E-state index in [9.17, 15) is 8.42 Å². The number of hydrogen-bond acceptors (Lipinski definition) is 4. The van der Waals surface area contributed by atoms with Gasteiger partial charge in [0, 0.05) is 19.3 Å². The summed E-state index contributed by atoms with van der Waals surface area (Å²) in [5.74, 6) is 0. The van der Waals surface area contributed by atoms with E-state index in [4.69, 9.17) is 16.7 Å². The largest absolute Gasteiger partial charge is 0.395 e. The molecular weight excluding hydrogens is 264 g/mol. The number of rotatable bonds is 6. The van der Waals surface area contributed by atoms with Crippen LogP contribution in [0.2, 0.25) is 5.15 Å². The number of aromatic nitrogens is 1. The van der Waals surface area contributed by atoms with E-state index in [1.165, 1.54) is 22.6 Å². The molecule has 0 fully saturated rings. The fraction of sp³-hybridized carbons (Fsp3) is 0.500. The fourth-order valence-corrected chi connectivity index (χ4v) is 3.37. The second-order valence-corrected chi connectivity index (χ2v) is 5.68. The first-order chi connectivity index (χ1) is 8.04. The zero-order chi connectivity index (χ0) is 12.9. The number of nitrogens with zero attached hydrogens (tertiary/aromatic N) is 2. The SMILES string of the molecule is CCCN(CCO)S(=O)(=O)c1cccnc1Cl. The Morgan fingerprint density at radius 2 is 2.18 bits per heavy atom. The number of hydrogen-bond donors (Lipinski definition) is 1. The number of aliphatic hydroxyl groups is 1. The smallest absolute Gasteiger partial charge is 0.246 e. The minimum Gasteiger partial charge on any atom is -0.395 e. The van der Waals surface area contributed by atoms with Gasteiger partial charge in [-0.05, 0) is 18.6 Å². The third-order valence-corrected chi connectivity index (χ3v) is 4.51. The lowest BCUT2D eigenvalue weighted by molar-refractivity contribution is 0.253. The van der Waals surface area contributed by atoms with E-state index >= 15 is 0 Å². The Balaban J connectivity index is 3.12. The van der Waals surface area contributed by atoms with E-state index in [0.717, 1.165) is 0 Å². The molecule has 17 heavy (non-hydrogen) atoms. The first-order valence-corrected chi connectivity index (χ1v) is 7.07. The standard InChI is InChI=1S/C10H15ClN2O3S/c1-2-6-13(7-8-14)17(15,16)9-4-3-5-12-10(9)11/h3-5,14H,2,6-8H2,1H3. The van der Waals surface area contributed by atoms with E-state index in [2.05, 4.69) is 4.98 Å². The lowest BCUT2D eigenvalue weighted by atomic mass is 10.5. The maximum Gasteiger partial charge on any atom is 0.246 e. The minimum absolute atomic E-state index is 0.0245. The van der Waals surface area contributed by atoms with Crippen LogP contribution < -0.4 is 0 Å². The van der Waals surface area contributed by atoms with Crippen molar-refractivity contribution >= 4 is 21.6 Å². The van der Waals surface area contributed by atoms with Gasteiger partial charge < -0.3 is 5.11 Å². The van der Waals surface area contributed by atoms with Crippen molar-refractivity contribution in [1.29, 1.82) is 0 Å². The van der Waals surface area contributed by atoms with Gasteiger partial charge in [-0.25, -0.2) is 13.4 Å². The van der Waals surface area contributed by atoms with Crippen LogP contribution in [0.25, 0.3) is 0 Å². The highest BCUT2D eigenvalue weighted by Gasteiger charge is 2.25. The predicted molar refractivity (Wildman–Crippen MR) is 65.4 cm³/mol. The van der Waals surface area contributed by atoms with Crippen molar-refractivity contribution < 1.29 is 13.5 Å². The van der Waals surface area contributed by atoms with E-state index in [0.29, 0.717) is 13.0 Å². The quantitative estimate of drug-likeness (QED) is 0.792. The fourth-order valence-electron chi connectivity index (χ4n) is 1.42. The lowest BCUT2D eigenvalue weighted by Crippen LogP contribution is -2.34. The lowest BCUT2D eigenvalue weighted by Gasteiger charge is -2.20. The normalized spacial score (nSPS) is 12.0. The van der Waals surface area contributed by atoms with Gasteiger partial charge >= 0.3 is 0 Å². The molecular formula is C10H15ClN2O3S. The summed E-state index contributed by atoms with van der Waals surface area (Å²) >= 11 is 5.77. The summed E-state index contributed by atoms with van der Waals surface area (Å²) < 4.78 is 25.7. The van der Waals surface area contributed by atoms with E-state index in [1.807, 2.05) is 6.92 Å². The molecule has 0 bridgehead atoms. The van der Waals surface area contributed by atoms with Gasteiger partial charge in [0.15, 0.2) is 0 Å². The third-order valence-electron chi connectivity index (χ3n) is 2.17. The summed E-state index contributed by atoms with van der Waals surface area (Å²) in [6.45, 7) is 2.04. The molecule has 0 aliphatic heterocycles. The molecule has 0 radical (unpaired) electrons. The molecule has 0 aliphatic rings. The Labute approximate surface area is 106 Å². The topological polar surface area (TPSA) is 70.5 Å². The van der Waals surface area contributed by atoms with Crippen LogP contribution in [0.1, 0.15) is 13.3 Å². The molecule has 1 N–H and O–H groups in total. The van der Waals surface area contributed by atoms with Crippen molar-refractivity contribution in [3.05, 3.63) is 23.5 Å². The zero-order valence-corrected chi connectivity index (χ0v) is 11.1. The average Bonchev–Trinajstić information content (AvgIpc) is 2.29. The van der Waals surface area contributed by atoms with Crippen LogP contribution in [0.3, 0.4) is 0 Å². The number of halogens is 1. The van der Waals surface area contributed by atoms with Gasteiger partial charge in [0.25, 0.3) is 0 Å². The van der Waals surface area contributed by atoms with Crippen LogP contribution in [0, 0.1) is 0 Å². The molecule has 5 nitrogen and oxygen atoms in total. The summed E-state index contributed by atoms with van der Waals surface area (Å²) in [6, 6.07) is 2.92. The Kier molecular flexibility index (Phi) is 5.32. The highest BCUT2D eigenvalue weighted by Crippen LogP contribution is 2.22. The van der Waals surface area contributed by atoms with Crippen molar-refractivity contribution in [1.82, 2.24) is 9.29 Å². The van der Waals surface area contributed by atoms with Gasteiger partial charge in [0.2, 0.25) is 10.0 Å². The molecule has 1 heterocycles. The van der Waals surface area contributed by atoms with Crippen molar-refractivity contribution in [3.63, 3.8) is 0 Å². The van der Waals surface area contributed by atoms with Crippen molar-refractivity contribution in [2.45, 2.75) is 18.2 Å². The van der Waals surface area contributed by atoms with Gasteiger partial charge in [-0.2, -0.15) is 4.31 Å². The van der Waals surface area contributed by atoms with E-state index in [-0.39, 0.29) is 23.2 Å². The Bertz CT molecular complexity index is 458. The maximum absolute atomic E-state index is 12.2. The third kappa shape index (κ3) is 3.38. The first kappa shape index (κ1) is 14.4. The molecule has 7 heteroatoms. The van der Waals surface area contributed by atoms with Gasteiger partial charge in [-0.1, -0.05) is 18.5 Å². The van der Waals surface area contributed by atoms with Crippen LogP contribution in [0.15, 0.2) is 23.2 Å². The van der Waals surface area contributed by atoms with Crippen LogP contribution in [-0.2, 0) is 10.0 Å². The van der Waals surface area contributed by atoms with Gasteiger partial charge in [0.05, 0.1) is 6.61 Å². The zero-order valence-electron chi connectivity index (χ0n) is 9.50. The highest BCUT2D eigenvalue weighted by atomic mass is 35.5. The molecule has 0 aromatic carbocycles. The molecule has 0 unspecified atom stereocenters. The Morgan fingerprint density at radius 3 is 2.71 bits per heavy atom. The van der Waals surface area contributed by atoms with Gasteiger partial charge in [-0.3, -0.25) is 0 Å². The van der Waals surface area contributed by atoms with E-state index in [1.54, 1.807) is 0 Å². The van der Waals surface area contributed by atoms with Crippen molar-refractivity contribution in [3.8, 4) is 0 Å². The van der Waals surface area contributed by atoms with Gasteiger partial charge in [0.1, 0.15) is 10.0 Å². The minimum atomic E-state index is -3.68. The van der Waals surface area contributed by atoms with Crippen molar-refractivity contribution in [2.75, 3.05) is 19.7 Å². The first-order valence-electron chi connectivity index (χ1n) is 5.25. The Hall–Kier alpha value is -0.690. The van der Waals surface area contributed by atoms with Crippen LogP contribution in [0.4, 0.5) is 0 Å². The van der Waals surface area contributed by atoms with E-state index < -0.39 is 10.0 Å². The monoisotopic (exact) mass is 278 g/mol. The predicted octanol–water partition coefficient (Wildman–Crippen LogP) is 1.13. The number of pyridine rings is 1. The van der Waals surface area contributed by atoms with Crippen LogP contribution in [0.5, 0.6) is 0 Å². The molecule has 1 aromatic rings. The second-order valence-electron chi connectivity index (χ2n) is 3.42. The summed E-state index contributed by atoms with van der Waals surface area (Å²) in [7, 11) is -3.68.